The lowest BCUT2D eigenvalue weighted by atomic mass is 9.96. The number of hydrogen-bond acceptors (Lipinski definition) is 4. The van der Waals surface area contributed by atoms with Gasteiger partial charge in [-0.2, -0.15) is 5.26 Å². The number of fused-ring (bicyclic) bond motifs is 5. The smallest absolute Gasteiger partial charge is 0.196 e. The average molecular weight is 476 g/mol. The molecule has 0 radical (unpaired) electrons. The van der Waals surface area contributed by atoms with E-state index >= 15 is 0 Å². The minimum atomic E-state index is -0.247. The third kappa shape index (κ3) is 3.57. The highest BCUT2D eigenvalue weighted by molar-refractivity contribution is 6.18. The average Bonchev–Trinajstić information content (AvgIpc) is 3.42. The molecule has 4 heteroatoms. The maximum Gasteiger partial charge on any atom is 0.196 e. The van der Waals surface area contributed by atoms with Crippen LogP contribution in [0.25, 0.3) is 44.1 Å². The highest BCUT2D eigenvalue weighted by Gasteiger charge is 2.27. The minimum absolute atomic E-state index is 0.247. The summed E-state index contributed by atoms with van der Waals surface area (Å²) in [5, 5.41) is 16.1. The second kappa shape index (κ2) is 8.51. The molecule has 0 saturated heterocycles. The standard InChI is InChI=1S/C33H21N3O/c34-20-21-11-13-22(14-12-21)25-15-16-26-28(19-25)35-31(23-7-3-1-4-8-23)27-17-18-29-32(30(26)27)36-33(37-29)24-9-5-2-6-10-24/h1-19,33,36H. The van der Waals surface area contributed by atoms with Crippen LogP contribution < -0.4 is 10.1 Å². The lowest BCUT2D eigenvalue weighted by molar-refractivity contribution is 0.260. The quantitative estimate of drug-likeness (QED) is 0.263. The van der Waals surface area contributed by atoms with E-state index in [-0.39, 0.29) is 6.23 Å². The van der Waals surface area contributed by atoms with Crippen LogP contribution in [0.3, 0.4) is 0 Å². The van der Waals surface area contributed by atoms with E-state index < -0.39 is 0 Å². The zero-order valence-corrected chi connectivity index (χ0v) is 19.8. The summed E-state index contributed by atoms with van der Waals surface area (Å²) in [7, 11) is 0. The van der Waals surface area contributed by atoms with Crippen LogP contribution in [0, 0.1) is 11.3 Å². The van der Waals surface area contributed by atoms with Crippen molar-refractivity contribution in [3.63, 3.8) is 0 Å². The molecule has 0 spiro atoms. The lowest BCUT2D eigenvalue weighted by Crippen LogP contribution is -2.09. The Bertz CT molecular complexity index is 1820. The van der Waals surface area contributed by atoms with Crippen LogP contribution in [0.15, 0.2) is 115 Å². The van der Waals surface area contributed by atoms with Crippen LogP contribution in [0.2, 0.25) is 0 Å². The Morgan fingerprint density at radius 2 is 1.41 bits per heavy atom. The molecule has 4 nitrogen and oxygen atoms in total. The molecule has 0 saturated carbocycles. The van der Waals surface area contributed by atoms with Gasteiger partial charge in [0.25, 0.3) is 0 Å². The Labute approximate surface area is 214 Å². The van der Waals surface area contributed by atoms with Gasteiger partial charge >= 0.3 is 0 Å². The molecule has 0 amide bonds. The van der Waals surface area contributed by atoms with Crippen molar-refractivity contribution in [1.82, 2.24) is 4.98 Å². The first-order valence-corrected chi connectivity index (χ1v) is 12.2. The summed E-state index contributed by atoms with van der Waals surface area (Å²) in [6, 6.07) is 40.9. The van der Waals surface area contributed by atoms with Crippen molar-refractivity contribution in [2.75, 3.05) is 5.32 Å². The van der Waals surface area contributed by atoms with E-state index in [9.17, 15) is 5.26 Å². The summed E-state index contributed by atoms with van der Waals surface area (Å²) in [5.74, 6) is 0.837. The maximum atomic E-state index is 9.17. The number of hydrogen-bond donors (Lipinski definition) is 1. The second-order valence-electron chi connectivity index (χ2n) is 9.16. The summed E-state index contributed by atoms with van der Waals surface area (Å²) in [6.45, 7) is 0. The van der Waals surface area contributed by atoms with Crippen LogP contribution >= 0.6 is 0 Å². The molecule has 0 bridgehead atoms. The first kappa shape index (κ1) is 21.2. The van der Waals surface area contributed by atoms with Gasteiger partial charge in [0.15, 0.2) is 6.23 Å². The van der Waals surface area contributed by atoms with E-state index in [0.717, 1.165) is 61.1 Å². The topological polar surface area (TPSA) is 57.9 Å². The fraction of sp³-hybridized carbons (Fsp3) is 0.0303. The van der Waals surface area contributed by atoms with Gasteiger partial charge in [-0.05, 0) is 41.5 Å². The Hall–Kier alpha value is -5.14. The zero-order valence-electron chi connectivity index (χ0n) is 19.8. The van der Waals surface area contributed by atoms with Gasteiger partial charge in [0.2, 0.25) is 0 Å². The summed E-state index contributed by atoms with van der Waals surface area (Å²) in [6.07, 6.45) is -0.247. The largest absolute Gasteiger partial charge is 0.464 e. The summed E-state index contributed by atoms with van der Waals surface area (Å²) in [4.78, 5) is 5.18. The van der Waals surface area contributed by atoms with Crippen LogP contribution in [0.5, 0.6) is 5.75 Å². The van der Waals surface area contributed by atoms with Crippen molar-refractivity contribution in [2.24, 2.45) is 0 Å². The summed E-state index contributed by atoms with van der Waals surface area (Å²) < 4.78 is 6.35. The highest BCUT2D eigenvalue weighted by atomic mass is 16.5. The Kier molecular flexibility index (Phi) is 4.87. The molecule has 5 aromatic carbocycles. The van der Waals surface area contributed by atoms with E-state index in [1.807, 2.05) is 66.7 Å². The Morgan fingerprint density at radius 1 is 0.703 bits per heavy atom. The van der Waals surface area contributed by atoms with Crippen molar-refractivity contribution in [2.45, 2.75) is 6.23 Å². The molecule has 37 heavy (non-hydrogen) atoms. The van der Waals surface area contributed by atoms with Crippen molar-refractivity contribution in [1.29, 1.82) is 5.26 Å². The molecular formula is C33H21N3O. The molecule has 6 aromatic rings. The van der Waals surface area contributed by atoms with Gasteiger partial charge in [-0.15, -0.1) is 0 Å². The molecule has 174 valence electrons. The second-order valence-corrected chi connectivity index (χ2v) is 9.16. The third-order valence-corrected chi connectivity index (χ3v) is 6.94. The minimum Gasteiger partial charge on any atom is -0.464 e. The first-order valence-electron chi connectivity index (χ1n) is 12.2. The molecular weight excluding hydrogens is 454 g/mol. The fourth-order valence-electron chi connectivity index (χ4n) is 5.12. The van der Waals surface area contributed by atoms with Gasteiger partial charge < -0.3 is 10.1 Å². The van der Waals surface area contributed by atoms with E-state index in [4.69, 9.17) is 9.72 Å². The number of pyridine rings is 1. The molecule has 7 rings (SSSR count). The number of aromatic nitrogens is 1. The monoisotopic (exact) mass is 475 g/mol. The number of rotatable bonds is 3. The van der Waals surface area contributed by atoms with Crippen LogP contribution in [-0.4, -0.2) is 4.98 Å². The predicted molar refractivity (Wildman–Crippen MR) is 148 cm³/mol. The zero-order chi connectivity index (χ0) is 24.8. The van der Waals surface area contributed by atoms with Crippen LogP contribution in [-0.2, 0) is 0 Å². The number of nitrogens with zero attached hydrogens (tertiary/aromatic N) is 2. The fourth-order valence-corrected chi connectivity index (χ4v) is 5.12. The molecule has 0 fully saturated rings. The van der Waals surface area contributed by atoms with Gasteiger partial charge in [0.1, 0.15) is 5.75 Å². The number of ether oxygens (including phenoxy) is 1. The van der Waals surface area contributed by atoms with Gasteiger partial charge in [-0.1, -0.05) is 84.9 Å². The normalized spacial score (nSPS) is 14.1. The summed E-state index contributed by atoms with van der Waals surface area (Å²) >= 11 is 0. The van der Waals surface area contributed by atoms with Gasteiger partial charge in [-0.25, -0.2) is 4.98 Å². The van der Waals surface area contributed by atoms with Gasteiger partial charge in [-0.3, -0.25) is 0 Å². The molecule has 1 aliphatic rings. The Morgan fingerprint density at radius 3 is 2.16 bits per heavy atom. The van der Waals surface area contributed by atoms with Gasteiger partial charge in [0.05, 0.1) is 28.5 Å². The number of nitriles is 1. The highest BCUT2D eigenvalue weighted by Crippen LogP contribution is 2.47. The number of benzene rings is 5. The molecule has 1 unspecified atom stereocenters. The van der Waals surface area contributed by atoms with Crippen molar-refractivity contribution >= 4 is 27.4 Å². The van der Waals surface area contributed by atoms with Gasteiger partial charge in [0, 0.05) is 27.3 Å². The SMILES string of the molecule is N#Cc1ccc(-c2ccc3c(c2)nc(-c2ccccc2)c2ccc4c(c23)NC(c2ccccc2)O4)cc1. The van der Waals surface area contributed by atoms with Crippen LogP contribution in [0.4, 0.5) is 5.69 Å². The van der Waals surface area contributed by atoms with Crippen molar-refractivity contribution in [3.8, 4) is 34.2 Å². The van der Waals surface area contributed by atoms with Crippen LogP contribution in [0.1, 0.15) is 17.4 Å². The molecule has 1 aliphatic heterocycles. The first-order chi connectivity index (χ1) is 18.3. The van der Waals surface area contributed by atoms with E-state index in [2.05, 4.69) is 59.9 Å². The third-order valence-electron chi connectivity index (χ3n) is 6.94. The van der Waals surface area contributed by atoms with Crippen molar-refractivity contribution < 1.29 is 4.74 Å². The predicted octanol–water partition coefficient (Wildman–Crippen LogP) is 8.10. The number of anilines is 1. The lowest BCUT2D eigenvalue weighted by Gasteiger charge is -2.14. The Balaban J connectivity index is 1.46. The van der Waals surface area contributed by atoms with E-state index in [1.165, 1.54) is 0 Å². The van der Waals surface area contributed by atoms with E-state index in [0.29, 0.717) is 5.56 Å². The molecule has 1 aromatic heterocycles. The summed E-state index contributed by atoms with van der Waals surface area (Å²) in [5.41, 5.74) is 7.74. The number of nitrogens with one attached hydrogen (secondary N) is 1. The van der Waals surface area contributed by atoms with E-state index in [1.54, 1.807) is 0 Å². The maximum absolute atomic E-state index is 9.17. The molecule has 0 aliphatic carbocycles. The molecule has 1 N–H and O–H groups in total. The molecule has 2 heterocycles. The molecule has 1 atom stereocenters. The van der Waals surface area contributed by atoms with Crippen molar-refractivity contribution in [3.05, 3.63) is 126 Å².